The lowest BCUT2D eigenvalue weighted by Gasteiger charge is -2.29. The second kappa shape index (κ2) is 7.10. The number of halogens is 1. The third kappa shape index (κ3) is 3.09. The van der Waals surface area contributed by atoms with Crippen LogP contribution >= 0.6 is 22.9 Å². The van der Waals surface area contributed by atoms with Crippen LogP contribution in [0.5, 0.6) is 0 Å². The van der Waals surface area contributed by atoms with Gasteiger partial charge in [0.05, 0.1) is 28.0 Å². The molecule has 0 unspecified atom stereocenters. The highest BCUT2D eigenvalue weighted by Gasteiger charge is 2.21. The van der Waals surface area contributed by atoms with Gasteiger partial charge in [-0.3, -0.25) is 9.36 Å². The molecule has 1 aliphatic rings. The Morgan fingerprint density at radius 1 is 1.23 bits per heavy atom. The van der Waals surface area contributed by atoms with Crippen LogP contribution in [0.15, 0.2) is 35.1 Å². The SMILES string of the molecule is N#Cc1ccccc1Cn1c(N2CCCCC2)nc2cc(Cl)sc2c1=O. The van der Waals surface area contributed by atoms with E-state index in [0.29, 0.717) is 32.6 Å². The molecule has 0 spiro atoms. The van der Waals surface area contributed by atoms with Crippen LogP contribution < -0.4 is 10.5 Å². The Morgan fingerprint density at radius 2 is 2.00 bits per heavy atom. The van der Waals surface area contributed by atoms with E-state index in [9.17, 15) is 10.1 Å². The molecule has 0 amide bonds. The first-order valence-corrected chi connectivity index (χ1v) is 9.79. The van der Waals surface area contributed by atoms with Gasteiger partial charge in [0.15, 0.2) is 0 Å². The zero-order valence-electron chi connectivity index (χ0n) is 14.1. The summed E-state index contributed by atoms with van der Waals surface area (Å²) in [6.45, 7) is 2.10. The van der Waals surface area contributed by atoms with Crippen LogP contribution in [-0.4, -0.2) is 22.6 Å². The minimum atomic E-state index is -0.0970. The molecule has 1 aromatic carbocycles. The van der Waals surface area contributed by atoms with Gasteiger partial charge in [0.2, 0.25) is 5.95 Å². The third-order valence-electron chi connectivity index (χ3n) is 4.69. The van der Waals surface area contributed by atoms with Gasteiger partial charge in [0.25, 0.3) is 5.56 Å². The molecule has 3 heterocycles. The van der Waals surface area contributed by atoms with Crippen LogP contribution in [0.4, 0.5) is 5.95 Å². The molecule has 3 aromatic rings. The molecule has 0 atom stereocenters. The van der Waals surface area contributed by atoms with Crippen LogP contribution in [0.3, 0.4) is 0 Å². The molecule has 2 aromatic heterocycles. The summed E-state index contributed by atoms with van der Waals surface area (Å²) in [6.07, 6.45) is 3.38. The second-order valence-corrected chi connectivity index (χ2v) is 8.07. The van der Waals surface area contributed by atoms with Gasteiger partial charge < -0.3 is 4.90 Å². The lowest BCUT2D eigenvalue weighted by Crippen LogP contribution is -2.36. The van der Waals surface area contributed by atoms with Crippen molar-refractivity contribution in [1.82, 2.24) is 9.55 Å². The number of aromatic nitrogens is 2. The smallest absolute Gasteiger partial charge is 0.273 e. The van der Waals surface area contributed by atoms with Gasteiger partial charge in [0.1, 0.15) is 4.70 Å². The first-order chi connectivity index (χ1) is 12.7. The maximum atomic E-state index is 13.2. The predicted octanol–water partition coefficient (Wildman–Crippen LogP) is 4.02. The molecule has 0 radical (unpaired) electrons. The monoisotopic (exact) mass is 384 g/mol. The fourth-order valence-electron chi connectivity index (χ4n) is 3.39. The lowest BCUT2D eigenvalue weighted by atomic mass is 10.1. The minimum Gasteiger partial charge on any atom is -0.342 e. The van der Waals surface area contributed by atoms with Gasteiger partial charge >= 0.3 is 0 Å². The average Bonchev–Trinajstić information content (AvgIpc) is 3.05. The zero-order chi connectivity index (χ0) is 18.1. The van der Waals surface area contributed by atoms with Crippen LogP contribution in [-0.2, 0) is 6.54 Å². The van der Waals surface area contributed by atoms with Crippen molar-refractivity contribution in [3.63, 3.8) is 0 Å². The summed E-state index contributed by atoms with van der Waals surface area (Å²) in [6, 6.07) is 11.3. The van der Waals surface area contributed by atoms with Gasteiger partial charge in [-0.05, 0) is 37.0 Å². The number of hydrogen-bond donors (Lipinski definition) is 0. The number of hydrogen-bond acceptors (Lipinski definition) is 5. The maximum Gasteiger partial charge on any atom is 0.273 e. The molecule has 1 saturated heterocycles. The molecule has 0 aliphatic carbocycles. The number of thiophene rings is 1. The predicted molar refractivity (Wildman–Crippen MR) is 105 cm³/mol. The molecule has 1 aliphatic heterocycles. The number of piperidine rings is 1. The van der Waals surface area contributed by atoms with Crippen molar-refractivity contribution in [2.24, 2.45) is 0 Å². The van der Waals surface area contributed by atoms with Crippen LogP contribution in [0.1, 0.15) is 30.4 Å². The standard InChI is InChI=1S/C19H17ClN4OS/c20-16-10-15-17(26-16)18(25)24(12-14-7-3-2-6-13(14)11-21)19(22-15)23-8-4-1-5-9-23/h2-3,6-7,10H,1,4-5,8-9,12H2. The van der Waals surface area contributed by atoms with Gasteiger partial charge in [0, 0.05) is 13.1 Å². The first kappa shape index (κ1) is 17.1. The Morgan fingerprint density at radius 3 is 2.77 bits per heavy atom. The van der Waals surface area contributed by atoms with Crippen molar-refractivity contribution in [2.45, 2.75) is 25.8 Å². The zero-order valence-corrected chi connectivity index (χ0v) is 15.7. The molecule has 4 rings (SSSR count). The average molecular weight is 385 g/mol. The number of nitriles is 1. The van der Waals surface area contributed by atoms with Crippen molar-refractivity contribution in [3.05, 3.63) is 56.1 Å². The van der Waals surface area contributed by atoms with Crippen LogP contribution in [0.25, 0.3) is 10.2 Å². The van der Waals surface area contributed by atoms with E-state index in [4.69, 9.17) is 16.6 Å². The summed E-state index contributed by atoms with van der Waals surface area (Å²) in [5, 5.41) is 9.38. The lowest BCUT2D eigenvalue weighted by molar-refractivity contribution is 0.553. The normalized spacial score (nSPS) is 14.5. The summed E-state index contributed by atoms with van der Waals surface area (Å²) in [5.74, 6) is 0.671. The van der Waals surface area contributed by atoms with E-state index in [2.05, 4.69) is 11.0 Å². The van der Waals surface area contributed by atoms with Crippen molar-refractivity contribution in [1.29, 1.82) is 5.26 Å². The molecule has 0 bridgehead atoms. The van der Waals surface area contributed by atoms with E-state index in [0.717, 1.165) is 31.5 Å². The molecule has 5 nitrogen and oxygen atoms in total. The molecule has 0 N–H and O–H groups in total. The van der Waals surface area contributed by atoms with Crippen molar-refractivity contribution < 1.29 is 0 Å². The highest BCUT2D eigenvalue weighted by atomic mass is 35.5. The van der Waals surface area contributed by atoms with Gasteiger partial charge in [-0.25, -0.2) is 4.98 Å². The second-order valence-electron chi connectivity index (χ2n) is 6.38. The number of rotatable bonds is 3. The summed E-state index contributed by atoms with van der Waals surface area (Å²) >= 11 is 7.38. The van der Waals surface area contributed by atoms with Crippen molar-refractivity contribution >= 4 is 39.1 Å². The fourth-order valence-corrected chi connectivity index (χ4v) is 4.49. The van der Waals surface area contributed by atoms with E-state index in [-0.39, 0.29) is 5.56 Å². The van der Waals surface area contributed by atoms with Crippen molar-refractivity contribution in [3.8, 4) is 6.07 Å². The summed E-state index contributed by atoms with van der Waals surface area (Å²) < 4.78 is 2.81. The van der Waals surface area contributed by atoms with Gasteiger partial charge in [-0.1, -0.05) is 29.8 Å². The summed E-state index contributed by atoms with van der Waals surface area (Å²) in [5.41, 5.74) is 1.95. The fraction of sp³-hybridized carbons (Fsp3) is 0.316. The Hall–Kier alpha value is -2.36. The number of anilines is 1. The van der Waals surface area contributed by atoms with Crippen LogP contribution in [0, 0.1) is 11.3 Å². The van der Waals surface area contributed by atoms with Gasteiger partial charge in [-0.2, -0.15) is 5.26 Å². The highest BCUT2D eigenvalue weighted by Crippen LogP contribution is 2.28. The van der Waals surface area contributed by atoms with Crippen LogP contribution in [0.2, 0.25) is 4.34 Å². The Bertz CT molecular complexity index is 1060. The summed E-state index contributed by atoms with van der Waals surface area (Å²) in [4.78, 5) is 20.1. The molecule has 1 fully saturated rings. The largest absolute Gasteiger partial charge is 0.342 e. The summed E-state index contributed by atoms with van der Waals surface area (Å²) in [7, 11) is 0. The van der Waals surface area contributed by atoms with E-state index < -0.39 is 0 Å². The number of nitrogens with zero attached hydrogens (tertiary/aromatic N) is 4. The highest BCUT2D eigenvalue weighted by molar-refractivity contribution is 7.22. The van der Waals surface area contributed by atoms with E-state index >= 15 is 0 Å². The third-order valence-corrected chi connectivity index (χ3v) is 5.93. The number of fused-ring (bicyclic) bond motifs is 1. The Kier molecular flexibility index (Phi) is 4.66. The minimum absolute atomic E-state index is 0.0970. The quantitative estimate of drug-likeness (QED) is 0.684. The van der Waals surface area contributed by atoms with E-state index in [1.807, 2.05) is 18.2 Å². The molecule has 0 saturated carbocycles. The molecule has 7 heteroatoms. The topological polar surface area (TPSA) is 61.9 Å². The molecule has 26 heavy (non-hydrogen) atoms. The molecule has 132 valence electrons. The van der Waals surface area contributed by atoms with Crippen molar-refractivity contribution in [2.75, 3.05) is 18.0 Å². The molecular formula is C19H17ClN4OS. The number of benzene rings is 1. The van der Waals surface area contributed by atoms with E-state index in [1.165, 1.54) is 17.8 Å². The Balaban J connectivity index is 1.89. The van der Waals surface area contributed by atoms with Gasteiger partial charge in [-0.15, -0.1) is 11.3 Å². The molecular weight excluding hydrogens is 368 g/mol. The Labute approximate surface area is 160 Å². The maximum absolute atomic E-state index is 13.2. The van der Waals surface area contributed by atoms with E-state index in [1.54, 1.807) is 16.7 Å². The first-order valence-electron chi connectivity index (χ1n) is 8.60.